The summed E-state index contributed by atoms with van der Waals surface area (Å²) in [6.07, 6.45) is 5.66. The predicted octanol–water partition coefficient (Wildman–Crippen LogP) is 1.45. The van der Waals surface area contributed by atoms with Crippen LogP contribution in [-0.2, 0) is 0 Å². The molecule has 0 bridgehead atoms. The van der Waals surface area contributed by atoms with E-state index in [1.165, 1.54) is 12.7 Å². The molecule has 0 aromatic carbocycles. The zero-order valence-electron chi connectivity index (χ0n) is 9.64. The van der Waals surface area contributed by atoms with Gasteiger partial charge in [-0.2, -0.15) is 0 Å². The highest BCUT2D eigenvalue weighted by atomic mass is 35.5. The Kier molecular flexibility index (Phi) is 4.02. The first-order valence-corrected chi connectivity index (χ1v) is 6.25. The molecule has 6 heteroatoms. The van der Waals surface area contributed by atoms with E-state index in [1.54, 1.807) is 0 Å². The van der Waals surface area contributed by atoms with Crippen LogP contribution in [-0.4, -0.2) is 34.3 Å². The molecule has 0 amide bonds. The van der Waals surface area contributed by atoms with Gasteiger partial charge < -0.3 is 15.7 Å². The van der Waals surface area contributed by atoms with E-state index >= 15 is 0 Å². The molecule has 0 spiro atoms. The van der Waals surface area contributed by atoms with Crippen LogP contribution in [0.3, 0.4) is 0 Å². The molecule has 3 N–H and O–H groups in total. The standard InChI is InChI=1S/C11H17ClN4O/c12-10-9(13)11(15-7-14-10)16(5-2-6-17)8-3-1-4-8/h7-8,17H,1-6,13H2. The highest BCUT2D eigenvalue weighted by Gasteiger charge is 2.27. The maximum absolute atomic E-state index is 8.94. The number of aliphatic hydroxyl groups is 1. The highest BCUT2D eigenvalue weighted by Crippen LogP contribution is 2.33. The second-order valence-corrected chi connectivity index (χ2v) is 4.62. The lowest BCUT2D eigenvalue weighted by molar-refractivity contribution is 0.282. The Hall–Kier alpha value is -1.07. The fourth-order valence-corrected chi connectivity index (χ4v) is 2.12. The third kappa shape index (κ3) is 2.61. The number of aliphatic hydroxyl groups excluding tert-OH is 1. The lowest BCUT2D eigenvalue weighted by Crippen LogP contribution is -2.42. The van der Waals surface area contributed by atoms with Gasteiger partial charge in [0.15, 0.2) is 11.0 Å². The second kappa shape index (κ2) is 5.51. The molecule has 0 aliphatic heterocycles. The third-order valence-corrected chi connectivity index (χ3v) is 3.46. The lowest BCUT2D eigenvalue weighted by Gasteiger charge is -2.38. The monoisotopic (exact) mass is 256 g/mol. The van der Waals surface area contributed by atoms with E-state index in [0.29, 0.717) is 29.1 Å². The van der Waals surface area contributed by atoms with Crippen molar-refractivity contribution in [3.8, 4) is 0 Å². The molecule has 94 valence electrons. The molecule has 0 saturated heterocycles. The Morgan fingerprint density at radius 1 is 1.47 bits per heavy atom. The van der Waals surface area contributed by atoms with Crippen molar-refractivity contribution in [3.05, 3.63) is 11.5 Å². The zero-order chi connectivity index (χ0) is 12.3. The molecule has 1 aliphatic carbocycles. The van der Waals surface area contributed by atoms with E-state index in [2.05, 4.69) is 14.9 Å². The van der Waals surface area contributed by atoms with Crippen LogP contribution in [0, 0.1) is 0 Å². The van der Waals surface area contributed by atoms with Crippen LogP contribution in [0.2, 0.25) is 5.15 Å². The minimum atomic E-state index is 0.169. The molecule has 1 aliphatic rings. The summed E-state index contributed by atoms with van der Waals surface area (Å²) >= 11 is 5.91. The summed E-state index contributed by atoms with van der Waals surface area (Å²) in [5.41, 5.74) is 6.34. The summed E-state index contributed by atoms with van der Waals surface area (Å²) < 4.78 is 0. The summed E-state index contributed by atoms with van der Waals surface area (Å²) in [5.74, 6) is 0.697. The van der Waals surface area contributed by atoms with E-state index < -0.39 is 0 Å². The molecule has 1 fully saturated rings. The van der Waals surface area contributed by atoms with Crippen molar-refractivity contribution >= 4 is 23.1 Å². The number of hydrogen-bond donors (Lipinski definition) is 2. The molecule has 1 saturated carbocycles. The summed E-state index contributed by atoms with van der Waals surface area (Å²) in [5, 5.41) is 9.24. The second-order valence-electron chi connectivity index (χ2n) is 4.26. The summed E-state index contributed by atoms with van der Waals surface area (Å²) in [7, 11) is 0. The number of aromatic nitrogens is 2. The Morgan fingerprint density at radius 3 is 2.82 bits per heavy atom. The van der Waals surface area contributed by atoms with Crippen molar-refractivity contribution in [2.24, 2.45) is 0 Å². The SMILES string of the molecule is Nc1c(Cl)ncnc1N(CCCO)C1CCC1. The normalized spacial score (nSPS) is 15.6. The van der Waals surface area contributed by atoms with Gasteiger partial charge in [-0.3, -0.25) is 0 Å². The molecule has 1 aromatic heterocycles. The summed E-state index contributed by atoms with van der Waals surface area (Å²) in [6, 6.07) is 0.467. The first-order valence-electron chi connectivity index (χ1n) is 5.87. The van der Waals surface area contributed by atoms with E-state index in [0.717, 1.165) is 19.4 Å². The van der Waals surface area contributed by atoms with Gasteiger partial charge in [0.2, 0.25) is 0 Å². The van der Waals surface area contributed by atoms with Gasteiger partial charge in [-0.1, -0.05) is 11.6 Å². The van der Waals surface area contributed by atoms with E-state index in [1.807, 2.05) is 0 Å². The molecular weight excluding hydrogens is 240 g/mol. The topological polar surface area (TPSA) is 75.3 Å². The van der Waals surface area contributed by atoms with Crippen LogP contribution in [0.25, 0.3) is 0 Å². The van der Waals surface area contributed by atoms with Gasteiger partial charge >= 0.3 is 0 Å². The molecule has 1 heterocycles. The van der Waals surface area contributed by atoms with Crippen molar-refractivity contribution in [2.45, 2.75) is 31.7 Å². The predicted molar refractivity (Wildman–Crippen MR) is 68.1 cm³/mol. The van der Waals surface area contributed by atoms with Crippen molar-refractivity contribution in [1.29, 1.82) is 0 Å². The fraction of sp³-hybridized carbons (Fsp3) is 0.636. The summed E-state index contributed by atoms with van der Waals surface area (Å²) in [6.45, 7) is 0.917. The van der Waals surface area contributed by atoms with Crippen molar-refractivity contribution in [2.75, 3.05) is 23.8 Å². The Bertz CT molecular complexity index is 384. The van der Waals surface area contributed by atoms with Crippen LogP contribution in [0.4, 0.5) is 11.5 Å². The average molecular weight is 257 g/mol. The first kappa shape index (κ1) is 12.4. The van der Waals surface area contributed by atoms with E-state index in [-0.39, 0.29) is 6.61 Å². The smallest absolute Gasteiger partial charge is 0.157 e. The van der Waals surface area contributed by atoms with Crippen LogP contribution in [0.1, 0.15) is 25.7 Å². The number of halogens is 1. The van der Waals surface area contributed by atoms with Gasteiger partial charge in [-0.25, -0.2) is 9.97 Å². The van der Waals surface area contributed by atoms with Crippen molar-refractivity contribution < 1.29 is 5.11 Å². The molecule has 0 atom stereocenters. The maximum Gasteiger partial charge on any atom is 0.157 e. The molecule has 17 heavy (non-hydrogen) atoms. The van der Waals surface area contributed by atoms with Crippen molar-refractivity contribution in [3.63, 3.8) is 0 Å². The van der Waals surface area contributed by atoms with Gasteiger partial charge in [-0.05, 0) is 25.7 Å². The zero-order valence-corrected chi connectivity index (χ0v) is 10.4. The Morgan fingerprint density at radius 2 is 2.24 bits per heavy atom. The Labute approximate surface area is 106 Å². The maximum atomic E-state index is 8.94. The highest BCUT2D eigenvalue weighted by molar-refractivity contribution is 6.32. The average Bonchev–Trinajstić information content (AvgIpc) is 2.26. The van der Waals surface area contributed by atoms with Gasteiger partial charge in [0.25, 0.3) is 0 Å². The van der Waals surface area contributed by atoms with E-state index in [4.69, 9.17) is 22.4 Å². The van der Waals surface area contributed by atoms with Gasteiger partial charge in [0, 0.05) is 19.2 Å². The number of nitrogens with zero attached hydrogens (tertiary/aromatic N) is 3. The first-order chi connectivity index (χ1) is 8.24. The Balaban J connectivity index is 2.21. The lowest BCUT2D eigenvalue weighted by atomic mass is 9.91. The van der Waals surface area contributed by atoms with Gasteiger partial charge in [-0.15, -0.1) is 0 Å². The minimum absolute atomic E-state index is 0.169. The van der Waals surface area contributed by atoms with Crippen molar-refractivity contribution in [1.82, 2.24) is 9.97 Å². The summed E-state index contributed by atoms with van der Waals surface area (Å²) in [4.78, 5) is 10.2. The molecule has 5 nitrogen and oxygen atoms in total. The van der Waals surface area contributed by atoms with Gasteiger partial charge in [0.1, 0.15) is 12.0 Å². The minimum Gasteiger partial charge on any atom is -0.396 e. The molecule has 1 aromatic rings. The number of anilines is 2. The van der Waals surface area contributed by atoms with Crippen LogP contribution < -0.4 is 10.6 Å². The van der Waals surface area contributed by atoms with Crippen LogP contribution in [0.5, 0.6) is 0 Å². The molecule has 0 radical (unpaired) electrons. The van der Waals surface area contributed by atoms with Crippen LogP contribution in [0.15, 0.2) is 6.33 Å². The fourth-order valence-electron chi connectivity index (χ4n) is 2.00. The van der Waals surface area contributed by atoms with E-state index in [9.17, 15) is 0 Å². The third-order valence-electron chi connectivity index (χ3n) is 3.16. The van der Waals surface area contributed by atoms with Crippen LogP contribution >= 0.6 is 11.6 Å². The number of nitrogens with two attached hydrogens (primary N) is 1. The largest absolute Gasteiger partial charge is 0.396 e. The molecule has 0 unspecified atom stereocenters. The number of rotatable bonds is 5. The quantitative estimate of drug-likeness (QED) is 0.780. The number of hydrogen-bond acceptors (Lipinski definition) is 5. The molecule has 2 rings (SSSR count). The molecular formula is C11H17ClN4O. The number of nitrogen functional groups attached to an aromatic ring is 1. The van der Waals surface area contributed by atoms with Gasteiger partial charge in [0.05, 0.1) is 0 Å².